The van der Waals surface area contributed by atoms with E-state index in [1.165, 1.54) is 75.6 Å². The summed E-state index contributed by atoms with van der Waals surface area (Å²) in [5.41, 5.74) is 2.71. The predicted octanol–water partition coefficient (Wildman–Crippen LogP) is 6.29. The van der Waals surface area contributed by atoms with Crippen molar-refractivity contribution in [2.24, 2.45) is 0 Å². The molecule has 0 aromatic heterocycles. The van der Waals surface area contributed by atoms with Crippen LogP contribution < -0.4 is 0 Å². The first-order valence-electron chi connectivity index (χ1n) is 9.24. The summed E-state index contributed by atoms with van der Waals surface area (Å²) in [5.74, 6) is 0. The molecule has 1 aromatic carbocycles. The van der Waals surface area contributed by atoms with E-state index in [4.69, 9.17) is 0 Å². The Bertz CT molecular complexity index is 385. The van der Waals surface area contributed by atoms with Gasteiger partial charge in [0, 0.05) is 6.54 Å². The van der Waals surface area contributed by atoms with Crippen LogP contribution in [-0.4, -0.2) is 18.0 Å². The average molecular weight is 302 g/mol. The highest BCUT2D eigenvalue weighted by molar-refractivity contribution is 5.51. The lowest BCUT2D eigenvalue weighted by Gasteiger charge is -2.23. The second-order valence-electron chi connectivity index (χ2n) is 6.30. The Morgan fingerprint density at radius 3 is 2.00 bits per heavy atom. The van der Waals surface area contributed by atoms with Gasteiger partial charge in [0.1, 0.15) is 0 Å². The summed E-state index contributed by atoms with van der Waals surface area (Å²) in [6, 6.07) is 8.68. The van der Waals surface area contributed by atoms with Gasteiger partial charge in [-0.2, -0.15) is 0 Å². The molecule has 0 spiro atoms. The normalized spacial score (nSPS) is 11.0. The summed E-state index contributed by atoms with van der Waals surface area (Å²) in [6.07, 6.45) is 12.7. The topological polar surface area (TPSA) is 3.24 Å². The zero-order valence-corrected chi connectivity index (χ0v) is 14.8. The Kier molecular flexibility index (Phi) is 10.7. The predicted molar refractivity (Wildman–Crippen MR) is 100 cm³/mol. The monoisotopic (exact) mass is 301 g/mol. The van der Waals surface area contributed by atoms with Gasteiger partial charge in [-0.1, -0.05) is 89.3 Å². The molecule has 0 aliphatic heterocycles. The molecule has 0 amide bonds. The molecule has 0 aliphatic carbocycles. The van der Waals surface area contributed by atoms with Crippen LogP contribution in [-0.2, 0) is 6.54 Å². The molecule has 0 atom stereocenters. The lowest BCUT2D eigenvalue weighted by molar-refractivity contribution is 0.252. The van der Waals surface area contributed by atoms with Crippen LogP contribution in [0.5, 0.6) is 0 Å². The van der Waals surface area contributed by atoms with E-state index in [0.717, 1.165) is 6.54 Å². The van der Waals surface area contributed by atoms with Gasteiger partial charge in [0.2, 0.25) is 0 Å². The number of benzene rings is 1. The fraction of sp³-hybridized carbons (Fsp3) is 0.619. The minimum atomic E-state index is 1.07. The third kappa shape index (κ3) is 7.79. The van der Waals surface area contributed by atoms with E-state index in [1.807, 2.05) is 6.08 Å². The molecule has 124 valence electrons. The summed E-state index contributed by atoms with van der Waals surface area (Å²) >= 11 is 0. The highest BCUT2D eigenvalue weighted by Gasteiger charge is 2.08. The van der Waals surface area contributed by atoms with Gasteiger partial charge in [0.25, 0.3) is 0 Å². The first kappa shape index (κ1) is 19.0. The maximum absolute atomic E-state index is 3.95. The second-order valence-corrected chi connectivity index (χ2v) is 6.30. The first-order valence-corrected chi connectivity index (χ1v) is 9.24. The molecule has 0 fully saturated rings. The fourth-order valence-corrected chi connectivity index (χ4v) is 2.91. The van der Waals surface area contributed by atoms with Crippen molar-refractivity contribution in [2.75, 3.05) is 13.1 Å². The SMILES string of the molecule is C=Cc1ccccc1CN(CCCCCC)CCCCCC. The molecule has 0 saturated heterocycles. The molecular formula is C21H35N. The lowest BCUT2D eigenvalue weighted by Crippen LogP contribution is -2.26. The average Bonchev–Trinajstić information content (AvgIpc) is 2.55. The van der Waals surface area contributed by atoms with Crippen molar-refractivity contribution in [2.45, 2.75) is 71.8 Å². The maximum Gasteiger partial charge on any atom is 0.0239 e. The van der Waals surface area contributed by atoms with Gasteiger partial charge in [-0.15, -0.1) is 0 Å². The molecule has 22 heavy (non-hydrogen) atoms. The highest BCUT2D eigenvalue weighted by Crippen LogP contribution is 2.15. The fourth-order valence-electron chi connectivity index (χ4n) is 2.91. The van der Waals surface area contributed by atoms with Crippen LogP contribution in [0.15, 0.2) is 30.8 Å². The third-order valence-corrected chi connectivity index (χ3v) is 4.32. The van der Waals surface area contributed by atoms with Crippen LogP contribution in [0.25, 0.3) is 6.08 Å². The summed E-state index contributed by atoms with van der Waals surface area (Å²) in [7, 11) is 0. The minimum absolute atomic E-state index is 1.07. The van der Waals surface area contributed by atoms with E-state index in [2.05, 4.69) is 49.6 Å². The largest absolute Gasteiger partial charge is 0.299 e. The number of hydrogen-bond acceptors (Lipinski definition) is 1. The van der Waals surface area contributed by atoms with Crippen molar-refractivity contribution < 1.29 is 0 Å². The number of unbranched alkanes of at least 4 members (excludes halogenated alkanes) is 6. The summed E-state index contributed by atoms with van der Waals surface area (Å²) in [6.45, 7) is 12.1. The van der Waals surface area contributed by atoms with Crippen molar-refractivity contribution in [3.8, 4) is 0 Å². The summed E-state index contributed by atoms with van der Waals surface area (Å²) in [4.78, 5) is 2.65. The molecule has 0 N–H and O–H groups in total. The first-order chi connectivity index (χ1) is 10.8. The highest BCUT2D eigenvalue weighted by atomic mass is 15.1. The molecule has 0 bridgehead atoms. The lowest BCUT2D eigenvalue weighted by atomic mass is 10.1. The quantitative estimate of drug-likeness (QED) is 0.387. The molecule has 0 aliphatic rings. The smallest absolute Gasteiger partial charge is 0.0239 e. The third-order valence-electron chi connectivity index (χ3n) is 4.32. The van der Waals surface area contributed by atoms with Crippen LogP contribution in [0.3, 0.4) is 0 Å². The second kappa shape index (κ2) is 12.5. The van der Waals surface area contributed by atoms with E-state index < -0.39 is 0 Å². The van der Waals surface area contributed by atoms with Gasteiger partial charge in [-0.25, -0.2) is 0 Å². The van der Waals surface area contributed by atoms with Crippen LogP contribution in [0, 0.1) is 0 Å². The molecule has 1 nitrogen and oxygen atoms in total. The zero-order valence-electron chi connectivity index (χ0n) is 14.8. The van der Waals surface area contributed by atoms with Gasteiger partial charge in [-0.3, -0.25) is 4.90 Å². The van der Waals surface area contributed by atoms with Crippen molar-refractivity contribution in [3.63, 3.8) is 0 Å². The van der Waals surface area contributed by atoms with E-state index in [1.54, 1.807) is 0 Å². The van der Waals surface area contributed by atoms with Gasteiger partial charge in [0.15, 0.2) is 0 Å². The number of nitrogens with zero attached hydrogens (tertiary/aromatic N) is 1. The molecule has 1 heteroatoms. The Morgan fingerprint density at radius 2 is 1.45 bits per heavy atom. The maximum atomic E-state index is 3.95. The van der Waals surface area contributed by atoms with Crippen LogP contribution >= 0.6 is 0 Å². The van der Waals surface area contributed by atoms with E-state index in [0.29, 0.717) is 0 Å². The number of rotatable bonds is 13. The molecule has 0 unspecified atom stereocenters. The van der Waals surface area contributed by atoms with E-state index >= 15 is 0 Å². The molecule has 1 rings (SSSR count). The Labute approximate surface area is 138 Å². The van der Waals surface area contributed by atoms with Crippen molar-refractivity contribution in [1.29, 1.82) is 0 Å². The number of hydrogen-bond donors (Lipinski definition) is 0. The Morgan fingerprint density at radius 1 is 0.864 bits per heavy atom. The summed E-state index contributed by atoms with van der Waals surface area (Å²) < 4.78 is 0. The molecular weight excluding hydrogens is 266 g/mol. The molecule has 0 heterocycles. The van der Waals surface area contributed by atoms with Gasteiger partial charge < -0.3 is 0 Å². The minimum Gasteiger partial charge on any atom is -0.299 e. The van der Waals surface area contributed by atoms with Gasteiger partial charge >= 0.3 is 0 Å². The van der Waals surface area contributed by atoms with Crippen LogP contribution in [0.2, 0.25) is 0 Å². The zero-order chi connectivity index (χ0) is 16.0. The van der Waals surface area contributed by atoms with Crippen molar-refractivity contribution >= 4 is 6.08 Å². The van der Waals surface area contributed by atoms with Gasteiger partial charge in [-0.05, 0) is 37.1 Å². The van der Waals surface area contributed by atoms with Crippen LogP contribution in [0.1, 0.15) is 76.3 Å². The Balaban J connectivity index is 2.53. The Hall–Kier alpha value is -1.08. The molecule has 1 aromatic rings. The van der Waals surface area contributed by atoms with Gasteiger partial charge in [0.05, 0.1) is 0 Å². The van der Waals surface area contributed by atoms with Crippen LogP contribution in [0.4, 0.5) is 0 Å². The molecule has 0 saturated carbocycles. The van der Waals surface area contributed by atoms with Crippen molar-refractivity contribution in [1.82, 2.24) is 4.90 Å². The van der Waals surface area contributed by atoms with E-state index in [-0.39, 0.29) is 0 Å². The summed E-state index contributed by atoms with van der Waals surface area (Å²) in [5, 5.41) is 0. The van der Waals surface area contributed by atoms with Crippen molar-refractivity contribution in [3.05, 3.63) is 42.0 Å². The van der Waals surface area contributed by atoms with E-state index in [9.17, 15) is 0 Å². The standard InChI is InChI=1S/C21H35N/c1-4-7-9-13-17-22(18-14-10-8-5-2)19-21-16-12-11-15-20(21)6-3/h6,11-12,15-16H,3-5,7-10,13-14,17-19H2,1-2H3. The molecule has 0 radical (unpaired) electrons.